The highest BCUT2D eigenvalue weighted by molar-refractivity contribution is 5.69. The Morgan fingerprint density at radius 2 is 2.05 bits per heavy atom. The Morgan fingerprint density at radius 3 is 2.53 bits per heavy atom. The first-order chi connectivity index (χ1) is 9.04. The maximum atomic E-state index is 11.8. The fourth-order valence-electron chi connectivity index (χ4n) is 1.82. The number of nitrogens with zero attached hydrogens (tertiary/aromatic N) is 1. The van der Waals surface area contributed by atoms with E-state index in [1.807, 2.05) is 51.1 Å². The highest BCUT2D eigenvalue weighted by Crippen LogP contribution is 2.20. The standard InChI is InChI=1S/C15H20N2O2/c1-4-15(11-16,12(2)3)17-14(18)19-10-13-8-6-5-7-9-13/h5-9,12H,4,10H2,1-3H3,(H,17,18). The Bertz CT molecular complexity index is 451. The molecule has 0 fully saturated rings. The van der Waals surface area contributed by atoms with Crippen LogP contribution in [0.4, 0.5) is 4.79 Å². The number of carbonyl (C=O) groups is 1. The number of carbonyl (C=O) groups excluding carboxylic acids is 1. The summed E-state index contributed by atoms with van der Waals surface area (Å²) in [4.78, 5) is 11.8. The zero-order chi connectivity index (χ0) is 14.3. The Kier molecular flexibility index (Phi) is 5.37. The average molecular weight is 260 g/mol. The van der Waals surface area contributed by atoms with E-state index in [0.717, 1.165) is 5.56 Å². The van der Waals surface area contributed by atoms with E-state index >= 15 is 0 Å². The predicted octanol–water partition coefficient (Wildman–Crippen LogP) is 3.24. The minimum Gasteiger partial charge on any atom is -0.445 e. The number of nitriles is 1. The molecule has 4 heteroatoms. The van der Waals surface area contributed by atoms with Gasteiger partial charge in [0, 0.05) is 0 Å². The third-order valence-corrected chi connectivity index (χ3v) is 3.28. The van der Waals surface area contributed by atoms with Crippen molar-refractivity contribution in [1.82, 2.24) is 5.32 Å². The first-order valence-corrected chi connectivity index (χ1v) is 6.44. The Morgan fingerprint density at radius 1 is 1.42 bits per heavy atom. The molecular weight excluding hydrogens is 240 g/mol. The predicted molar refractivity (Wildman–Crippen MR) is 73.2 cm³/mol. The summed E-state index contributed by atoms with van der Waals surface area (Å²) in [6.45, 7) is 5.89. The SMILES string of the molecule is CCC(C#N)(NC(=O)OCc1ccccc1)C(C)C. The van der Waals surface area contributed by atoms with Gasteiger partial charge in [-0.1, -0.05) is 51.1 Å². The van der Waals surface area contributed by atoms with E-state index in [1.165, 1.54) is 0 Å². The molecule has 1 amide bonds. The maximum absolute atomic E-state index is 11.8. The summed E-state index contributed by atoms with van der Waals surface area (Å²) in [6.07, 6.45) is -0.0114. The first kappa shape index (κ1) is 15.0. The van der Waals surface area contributed by atoms with Gasteiger partial charge in [0.2, 0.25) is 0 Å². The van der Waals surface area contributed by atoms with Crippen molar-refractivity contribution in [2.75, 3.05) is 0 Å². The normalized spacial score (nSPS) is 13.4. The average Bonchev–Trinajstić information content (AvgIpc) is 2.43. The summed E-state index contributed by atoms with van der Waals surface area (Å²) in [5.41, 5.74) is 0.0505. The molecule has 0 aliphatic rings. The lowest BCUT2D eigenvalue weighted by Crippen LogP contribution is -2.51. The van der Waals surface area contributed by atoms with Gasteiger partial charge in [0.15, 0.2) is 0 Å². The molecule has 1 aromatic carbocycles. The molecule has 19 heavy (non-hydrogen) atoms. The van der Waals surface area contributed by atoms with E-state index in [-0.39, 0.29) is 12.5 Å². The quantitative estimate of drug-likeness (QED) is 0.884. The van der Waals surface area contributed by atoms with Crippen LogP contribution in [0.25, 0.3) is 0 Å². The van der Waals surface area contributed by atoms with Crippen molar-refractivity contribution >= 4 is 6.09 Å². The van der Waals surface area contributed by atoms with Crippen LogP contribution in [0.5, 0.6) is 0 Å². The fraction of sp³-hybridized carbons (Fsp3) is 0.467. The number of ether oxygens (including phenoxy) is 1. The number of benzene rings is 1. The minimum absolute atomic E-state index is 0.0202. The second-order valence-corrected chi connectivity index (χ2v) is 4.78. The number of rotatable bonds is 5. The van der Waals surface area contributed by atoms with Crippen LogP contribution in [0.3, 0.4) is 0 Å². The van der Waals surface area contributed by atoms with E-state index in [1.54, 1.807) is 0 Å². The molecule has 0 spiro atoms. The minimum atomic E-state index is -0.867. The Balaban J connectivity index is 2.57. The van der Waals surface area contributed by atoms with Crippen LogP contribution in [0.1, 0.15) is 32.8 Å². The van der Waals surface area contributed by atoms with E-state index in [4.69, 9.17) is 4.74 Å². The lowest BCUT2D eigenvalue weighted by molar-refractivity contribution is 0.125. The molecule has 0 aromatic heterocycles. The van der Waals surface area contributed by atoms with E-state index in [9.17, 15) is 10.1 Å². The van der Waals surface area contributed by atoms with Gasteiger partial charge in [0.05, 0.1) is 6.07 Å². The molecule has 0 saturated carbocycles. The number of hydrogen-bond donors (Lipinski definition) is 1. The van der Waals surface area contributed by atoms with Crippen molar-refractivity contribution in [1.29, 1.82) is 5.26 Å². The van der Waals surface area contributed by atoms with Crippen molar-refractivity contribution in [3.05, 3.63) is 35.9 Å². The second-order valence-electron chi connectivity index (χ2n) is 4.78. The van der Waals surface area contributed by atoms with E-state index in [0.29, 0.717) is 6.42 Å². The summed E-state index contributed by atoms with van der Waals surface area (Å²) in [6, 6.07) is 11.6. The number of alkyl carbamates (subject to hydrolysis) is 1. The molecule has 0 heterocycles. The van der Waals surface area contributed by atoms with Gasteiger partial charge in [-0.2, -0.15) is 5.26 Å². The molecule has 0 bridgehead atoms. The largest absolute Gasteiger partial charge is 0.445 e. The van der Waals surface area contributed by atoms with Crippen molar-refractivity contribution in [2.45, 2.75) is 39.3 Å². The lowest BCUT2D eigenvalue weighted by Gasteiger charge is -2.29. The molecule has 1 rings (SSSR count). The number of nitrogens with one attached hydrogen (secondary N) is 1. The summed E-state index contributed by atoms with van der Waals surface area (Å²) >= 11 is 0. The molecule has 1 atom stereocenters. The van der Waals surface area contributed by atoms with Gasteiger partial charge in [-0.25, -0.2) is 4.79 Å². The number of hydrogen-bond acceptors (Lipinski definition) is 3. The highest BCUT2D eigenvalue weighted by Gasteiger charge is 2.34. The third-order valence-electron chi connectivity index (χ3n) is 3.28. The van der Waals surface area contributed by atoms with Crippen molar-refractivity contribution < 1.29 is 9.53 Å². The smallest absolute Gasteiger partial charge is 0.408 e. The molecule has 4 nitrogen and oxygen atoms in total. The van der Waals surface area contributed by atoms with Crippen LogP contribution in [0, 0.1) is 17.2 Å². The Hall–Kier alpha value is -2.02. The molecule has 0 aliphatic heterocycles. The zero-order valence-corrected chi connectivity index (χ0v) is 11.6. The Labute approximate surface area is 114 Å². The van der Waals surface area contributed by atoms with Gasteiger partial charge in [0.25, 0.3) is 0 Å². The fourth-order valence-corrected chi connectivity index (χ4v) is 1.82. The van der Waals surface area contributed by atoms with Crippen LogP contribution >= 0.6 is 0 Å². The molecule has 102 valence electrons. The van der Waals surface area contributed by atoms with Gasteiger partial charge in [0.1, 0.15) is 12.1 Å². The summed E-state index contributed by atoms with van der Waals surface area (Å²) < 4.78 is 5.14. The van der Waals surface area contributed by atoms with E-state index in [2.05, 4.69) is 11.4 Å². The summed E-state index contributed by atoms with van der Waals surface area (Å²) in [7, 11) is 0. The van der Waals surface area contributed by atoms with Gasteiger partial charge in [-0.05, 0) is 17.9 Å². The third kappa shape index (κ3) is 3.99. The van der Waals surface area contributed by atoms with Gasteiger partial charge < -0.3 is 10.1 Å². The molecule has 0 aliphatic carbocycles. The van der Waals surface area contributed by atoms with Gasteiger partial charge in [-0.15, -0.1) is 0 Å². The molecule has 0 radical (unpaired) electrons. The van der Waals surface area contributed by atoms with Gasteiger partial charge >= 0.3 is 6.09 Å². The van der Waals surface area contributed by atoms with Crippen LogP contribution in [0.2, 0.25) is 0 Å². The van der Waals surface area contributed by atoms with Crippen molar-refractivity contribution in [2.24, 2.45) is 5.92 Å². The molecule has 0 saturated heterocycles. The monoisotopic (exact) mass is 260 g/mol. The van der Waals surface area contributed by atoms with E-state index < -0.39 is 11.6 Å². The summed E-state index contributed by atoms with van der Waals surface area (Å²) in [5.74, 6) is 0.0202. The van der Waals surface area contributed by atoms with Crippen LogP contribution < -0.4 is 5.32 Å². The lowest BCUT2D eigenvalue weighted by atomic mass is 9.85. The maximum Gasteiger partial charge on any atom is 0.408 e. The van der Waals surface area contributed by atoms with Gasteiger partial charge in [-0.3, -0.25) is 0 Å². The number of amides is 1. The highest BCUT2D eigenvalue weighted by atomic mass is 16.5. The van der Waals surface area contributed by atoms with Crippen LogP contribution in [-0.2, 0) is 11.3 Å². The van der Waals surface area contributed by atoms with Crippen LogP contribution in [0.15, 0.2) is 30.3 Å². The molecular formula is C15H20N2O2. The molecule has 1 N–H and O–H groups in total. The zero-order valence-electron chi connectivity index (χ0n) is 11.6. The topological polar surface area (TPSA) is 62.1 Å². The van der Waals surface area contributed by atoms with Crippen molar-refractivity contribution in [3.8, 4) is 6.07 Å². The van der Waals surface area contributed by atoms with Crippen LogP contribution in [-0.4, -0.2) is 11.6 Å². The molecule has 1 aromatic rings. The molecule has 1 unspecified atom stereocenters. The van der Waals surface area contributed by atoms with Crippen molar-refractivity contribution in [3.63, 3.8) is 0 Å². The second kappa shape index (κ2) is 6.79. The first-order valence-electron chi connectivity index (χ1n) is 6.44. The summed E-state index contributed by atoms with van der Waals surface area (Å²) in [5, 5.41) is 11.9.